The number of Topliss-reactive ketones (excluding diaryl/α,β-unsaturated/α-hetero) is 1. The van der Waals surface area contributed by atoms with Crippen molar-refractivity contribution in [3.8, 4) is 17.2 Å². The van der Waals surface area contributed by atoms with Gasteiger partial charge in [0.2, 0.25) is 15.6 Å². The second-order valence-corrected chi connectivity index (χ2v) is 20.4. The van der Waals surface area contributed by atoms with Crippen LogP contribution in [0.2, 0.25) is 0 Å². The molecule has 0 aromatic heterocycles. The SMILES string of the molecule is CCC(Oc1ccc(C(C)(C)CC)cc1C(C)(C)CC)C(=O)NCC(C)(C)C(=O)C(Cl)(Oc1ccc(S(=O)(=O)c2ccc(OCc3ccccc3)cc2)cc1)C(=O)Nc1ccccc1. The average Bonchev–Trinajstić information content (AvgIpc) is 3.29. The van der Waals surface area contributed by atoms with E-state index in [9.17, 15) is 22.8 Å². The molecule has 64 heavy (non-hydrogen) atoms. The average molecular weight is 910 g/mol. The van der Waals surface area contributed by atoms with Crippen molar-refractivity contribution < 1.29 is 37.0 Å². The summed E-state index contributed by atoms with van der Waals surface area (Å²) in [4.78, 5) is 42.4. The van der Waals surface area contributed by atoms with Crippen molar-refractivity contribution in [2.45, 2.75) is 120 Å². The fourth-order valence-electron chi connectivity index (χ4n) is 6.76. The summed E-state index contributed by atoms with van der Waals surface area (Å²) in [7, 11) is -3.99. The number of amides is 2. The van der Waals surface area contributed by atoms with Crippen LogP contribution in [0.15, 0.2) is 137 Å². The molecule has 2 amide bonds. The third kappa shape index (κ3) is 11.7. The van der Waals surface area contributed by atoms with Gasteiger partial charge in [0.25, 0.3) is 11.8 Å². The molecule has 2 atom stereocenters. The van der Waals surface area contributed by atoms with Crippen LogP contribution < -0.4 is 24.8 Å². The minimum absolute atomic E-state index is 0.0380. The van der Waals surface area contributed by atoms with Crippen LogP contribution in [0.1, 0.15) is 98.3 Å². The zero-order chi connectivity index (χ0) is 46.9. The van der Waals surface area contributed by atoms with Gasteiger partial charge in [-0.15, -0.1) is 0 Å². The third-order valence-corrected chi connectivity index (χ3v) is 14.1. The number of hydrogen-bond donors (Lipinski definition) is 2. The van der Waals surface area contributed by atoms with Gasteiger partial charge < -0.3 is 24.8 Å². The summed E-state index contributed by atoms with van der Waals surface area (Å²) in [5, 5.41) is 2.88. The highest BCUT2D eigenvalue weighted by atomic mass is 35.5. The Morgan fingerprint density at radius 1 is 0.688 bits per heavy atom. The van der Waals surface area contributed by atoms with Crippen LogP contribution in [0.25, 0.3) is 0 Å². The molecule has 2 unspecified atom stereocenters. The van der Waals surface area contributed by atoms with Gasteiger partial charge in [-0.3, -0.25) is 14.4 Å². The second kappa shape index (κ2) is 20.5. The Bertz CT molecular complexity index is 2490. The number of sulfone groups is 1. The Morgan fingerprint density at radius 3 is 1.78 bits per heavy atom. The van der Waals surface area contributed by atoms with Crippen LogP contribution in [0.3, 0.4) is 0 Å². The highest BCUT2D eigenvalue weighted by molar-refractivity contribution is 7.91. The van der Waals surface area contributed by atoms with Crippen molar-refractivity contribution in [3.63, 3.8) is 0 Å². The first-order chi connectivity index (χ1) is 30.2. The van der Waals surface area contributed by atoms with Crippen LogP contribution in [0.4, 0.5) is 5.69 Å². The molecule has 2 N–H and O–H groups in total. The van der Waals surface area contributed by atoms with E-state index < -0.39 is 44.0 Å². The highest BCUT2D eigenvalue weighted by Gasteiger charge is 2.53. The summed E-state index contributed by atoms with van der Waals surface area (Å²) in [6.45, 7) is 18.1. The highest BCUT2D eigenvalue weighted by Crippen LogP contribution is 2.39. The van der Waals surface area contributed by atoms with Crippen LogP contribution in [0, 0.1) is 5.41 Å². The number of para-hydroxylation sites is 1. The van der Waals surface area contributed by atoms with Gasteiger partial charge >= 0.3 is 5.06 Å². The Morgan fingerprint density at radius 2 is 1.23 bits per heavy atom. The lowest BCUT2D eigenvalue weighted by molar-refractivity contribution is -0.144. The first-order valence-corrected chi connectivity index (χ1v) is 23.5. The molecule has 12 heteroatoms. The van der Waals surface area contributed by atoms with Crippen molar-refractivity contribution in [1.29, 1.82) is 0 Å². The standard InChI is InChI=1S/C52H61ClN2O8S/c1-10-44(62-45-32-23-37(49(4,5)11-2)33-43(45)50(6,7)12-3)46(56)54-35-51(8,9)47(57)52(53,48(58)55-38-21-17-14-18-22-38)63-40-26-30-42(31-27-40)64(59,60)41-28-24-39(25-29-41)61-34-36-19-15-13-16-20-36/h13-33,44H,10-12,34-35H2,1-9H3,(H,54,56)(H,55,58). The predicted molar refractivity (Wildman–Crippen MR) is 253 cm³/mol. The maximum Gasteiger partial charge on any atom is 0.320 e. The largest absolute Gasteiger partial charge is 0.489 e. The van der Waals surface area contributed by atoms with Crippen molar-refractivity contribution >= 4 is 44.7 Å². The lowest BCUT2D eigenvalue weighted by atomic mass is 9.76. The molecule has 0 spiro atoms. The molecule has 0 radical (unpaired) electrons. The summed E-state index contributed by atoms with van der Waals surface area (Å²) in [6.07, 6.45) is 1.26. The minimum atomic E-state index is -3.99. The fraction of sp³-hybridized carbons (Fsp3) is 0.365. The van der Waals surface area contributed by atoms with Gasteiger partial charge in [-0.05, 0) is 108 Å². The molecule has 5 aromatic rings. The summed E-state index contributed by atoms with van der Waals surface area (Å²) in [5.74, 6) is -1.20. The molecular weight excluding hydrogens is 848 g/mol. The van der Waals surface area contributed by atoms with Gasteiger partial charge in [-0.1, -0.05) is 135 Å². The summed E-state index contributed by atoms with van der Waals surface area (Å²) >= 11 is 7.00. The minimum Gasteiger partial charge on any atom is -0.489 e. The predicted octanol–water partition coefficient (Wildman–Crippen LogP) is 11.0. The van der Waals surface area contributed by atoms with Gasteiger partial charge in [0.05, 0.1) is 9.79 Å². The Hall–Kier alpha value is -5.65. The molecule has 0 saturated heterocycles. The molecule has 0 saturated carbocycles. The number of alkyl halides is 1. The van der Waals surface area contributed by atoms with E-state index in [4.69, 9.17) is 25.8 Å². The van der Waals surface area contributed by atoms with E-state index in [0.717, 1.165) is 24.0 Å². The van der Waals surface area contributed by atoms with E-state index in [1.54, 1.807) is 56.3 Å². The molecule has 0 bridgehead atoms. The number of halogens is 1. The summed E-state index contributed by atoms with van der Waals surface area (Å²) in [6, 6.07) is 35.6. The maximum absolute atomic E-state index is 14.6. The zero-order valence-electron chi connectivity index (χ0n) is 38.3. The van der Waals surface area contributed by atoms with Crippen LogP contribution in [-0.4, -0.2) is 43.7 Å². The number of ketones is 1. The van der Waals surface area contributed by atoms with Gasteiger partial charge in [0.1, 0.15) is 23.9 Å². The van der Waals surface area contributed by atoms with E-state index in [1.807, 2.05) is 43.3 Å². The molecule has 0 aliphatic heterocycles. The Labute approximate surface area is 384 Å². The monoisotopic (exact) mass is 908 g/mol. The fourth-order valence-corrected chi connectivity index (χ4v) is 8.41. The van der Waals surface area contributed by atoms with Crippen LogP contribution in [-0.2, 0) is 41.7 Å². The number of benzene rings is 5. The number of nitrogens with one attached hydrogen (secondary N) is 2. The molecule has 5 aromatic carbocycles. The third-order valence-electron chi connectivity index (χ3n) is 11.9. The maximum atomic E-state index is 14.6. The van der Waals surface area contributed by atoms with Gasteiger partial charge in [0.15, 0.2) is 6.10 Å². The lowest BCUT2D eigenvalue weighted by Crippen LogP contribution is -2.57. The van der Waals surface area contributed by atoms with E-state index in [1.165, 1.54) is 42.0 Å². The van der Waals surface area contributed by atoms with E-state index >= 15 is 0 Å². The van der Waals surface area contributed by atoms with E-state index in [-0.39, 0.29) is 32.9 Å². The Balaban J connectivity index is 1.34. The van der Waals surface area contributed by atoms with Crippen molar-refractivity contribution in [1.82, 2.24) is 5.32 Å². The van der Waals surface area contributed by atoms with Crippen LogP contribution >= 0.6 is 11.6 Å². The van der Waals surface area contributed by atoms with E-state index in [0.29, 0.717) is 30.2 Å². The molecule has 10 nitrogen and oxygen atoms in total. The molecule has 340 valence electrons. The molecule has 0 aliphatic rings. The number of carbonyl (C=O) groups is 3. The van der Waals surface area contributed by atoms with Crippen molar-refractivity contribution in [2.24, 2.45) is 5.41 Å². The topological polar surface area (TPSA) is 137 Å². The lowest BCUT2D eigenvalue weighted by Gasteiger charge is -2.34. The molecule has 5 rings (SSSR count). The zero-order valence-corrected chi connectivity index (χ0v) is 39.9. The van der Waals surface area contributed by atoms with Crippen LogP contribution in [0.5, 0.6) is 17.2 Å². The van der Waals surface area contributed by atoms with Crippen molar-refractivity contribution in [3.05, 3.63) is 144 Å². The molecular formula is C52H61ClN2O8S. The van der Waals surface area contributed by atoms with Gasteiger partial charge in [-0.2, -0.15) is 0 Å². The first kappa shape index (κ1) is 49.4. The molecule has 0 heterocycles. The number of rotatable bonds is 21. The molecule has 0 fully saturated rings. The Kier molecular flexibility index (Phi) is 15.8. The number of hydrogen-bond acceptors (Lipinski definition) is 8. The summed E-state index contributed by atoms with van der Waals surface area (Å²) < 4.78 is 45.6. The first-order valence-electron chi connectivity index (χ1n) is 21.7. The number of anilines is 1. The molecule has 0 aliphatic carbocycles. The number of carbonyl (C=O) groups excluding carboxylic acids is 3. The van der Waals surface area contributed by atoms with Crippen molar-refractivity contribution in [2.75, 3.05) is 11.9 Å². The quantitative estimate of drug-likeness (QED) is 0.0548. The normalized spacial score (nSPS) is 13.5. The second-order valence-electron chi connectivity index (χ2n) is 17.9. The van der Waals surface area contributed by atoms with Gasteiger partial charge in [-0.25, -0.2) is 8.42 Å². The smallest absolute Gasteiger partial charge is 0.320 e. The van der Waals surface area contributed by atoms with Gasteiger partial charge in [0, 0.05) is 23.2 Å². The van der Waals surface area contributed by atoms with E-state index in [2.05, 4.69) is 64.3 Å². The number of ether oxygens (including phenoxy) is 3. The summed E-state index contributed by atoms with van der Waals surface area (Å²) in [5.41, 5.74) is 1.78.